The fraction of sp³-hybridized carbons (Fsp3) is 0.531. The van der Waals surface area contributed by atoms with Crippen LogP contribution in [0, 0.1) is 11.3 Å². The van der Waals surface area contributed by atoms with Gasteiger partial charge in [-0.1, -0.05) is 44.5 Å². The van der Waals surface area contributed by atoms with E-state index in [9.17, 15) is 19.5 Å². The summed E-state index contributed by atoms with van der Waals surface area (Å²) in [6.07, 6.45) is 0.233. The minimum Gasteiger partial charge on any atom is -0.486 e. The van der Waals surface area contributed by atoms with Gasteiger partial charge in [-0.05, 0) is 49.4 Å². The second-order valence-corrected chi connectivity index (χ2v) is 12.4. The Balaban J connectivity index is 1.57. The highest BCUT2D eigenvalue weighted by Gasteiger charge is 2.32. The molecule has 1 N–H and O–H groups in total. The number of para-hydroxylation sites is 1. The molecule has 0 aliphatic carbocycles. The largest absolute Gasteiger partial charge is 0.486 e. The molecule has 2 amide bonds. The smallest absolute Gasteiger partial charge is 0.310 e. The number of carbonyl (C=O) groups excluding carboxylic acids is 3. The summed E-state index contributed by atoms with van der Waals surface area (Å²) < 4.78 is 16.7. The Bertz CT molecular complexity index is 1290. The molecule has 0 radical (unpaired) electrons. The first-order valence-corrected chi connectivity index (χ1v) is 15.0. The topological polar surface area (TPSA) is 106 Å². The molecule has 2 aliphatic heterocycles. The Morgan fingerprint density at radius 1 is 1.12 bits per heavy atom. The van der Waals surface area contributed by atoms with Gasteiger partial charge in [0.15, 0.2) is 11.5 Å². The summed E-state index contributed by atoms with van der Waals surface area (Å²) in [7, 11) is 0. The number of anilines is 1. The van der Waals surface area contributed by atoms with Crippen molar-refractivity contribution in [3.05, 3.63) is 52.5 Å². The Kier molecular flexibility index (Phi) is 10.4. The molecule has 9 nitrogen and oxygen atoms in total. The fourth-order valence-corrected chi connectivity index (χ4v) is 5.60. The maximum absolute atomic E-state index is 13.8. The van der Waals surface area contributed by atoms with Crippen molar-refractivity contribution in [1.29, 1.82) is 0 Å². The van der Waals surface area contributed by atoms with Crippen molar-refractivity contribution in [1.82, 2.24) is 4.90 Å². The van der Waals surface area contributed by atoms with Crippen LogP contribution in [0.1, 0.15) is 70.6 Å². The summed E-state index contributed by atoms with van der Waals surface area (Å²) in [5, 5.41) is 12.1. The van der Waals surface area contributed by atoms with E-state index in [0.29, 0.717) is 85.6 Å². The van der Waals surface area contributed by atoms with Crippen molar-refractivity contribution in [2.24, 2.45) is 11.3 Å². The molecule has 42 heavy (non-hydrogen) atoms. The number of amides is 2. The number of aliphatic hydroxyl groups is 1. The number of rotatable bonds is 9. The minimum atomic E-state index is -1.15. The van der Waals surface area contributed by atoms with E-state index < -0.39 is 6.10 Å². The number of fused-ring (bicyclic) bond motifs is 1. The zero-order chi connectivity index (χ0) is 30.4. The highest BCUT2D eigenvalue weighted by molar-refractivity contribution is 6.30. The summed E-state index contributed by atoms with van der Waals surface area (Å²) in [5.41, 5.74) is 1.18. The van der Waals surface area contributed by atoms with Gasteiger partial charge in [-0.15, -0.1) is 0 Å². The van der Waals surface area contributed by atoms with Crippen molar-refractivity contribution < 1.29 is 33.7 Å². The average Bonchev–Trinajstić information content (AvgIpc) is 2.97. The van der Waals surface area contributed by atoms with Crippen LogP contribution in [0.4, 0.5) is 5.69 Å². The van der Waals surface area contributed by atoms with E-state index in [4.69, 9.17) is 25.8 Å². The fourth-order valence-electron chi connectivity index (χ4n) is 5.41. The van der Waals surface area contributed by atoms with E-state index in [0.717, 1.165) is 0 Å². The number of likely N-dealkylation sites (tertiary alicyclic amines) is 1. The lowest BCUT2D eigenvalue weighted by Gasteiger charge is -2.34. The third kappa shape index (κ3) is 7.75. The molecule has 1 fully saturated rings. The van der Waals surface area contributed by atoms with Gasteiger partial charge in [0.2, 0.25) is 11.8 Å². The van der Waals surface area contributed by atoms with Crippen molar-refractivity contribution in [2.45, 2.75) is 59.5 Å². The summed E-state index contributed by atoms with van der Waals surface area (Å²) in [4.78, 5) is 42.5. The number of aliphatic hydroxyl groups excluding tert-OH is 1. The third-order valence-corrected chi connectivity index (χ3v) is 7.58. The van der Waals surface area contributed by atoms with Gasteiger partial charge in [0, 0.05) is 54.3 Å². The molecular weight excluding hydrogens is 560 g/mol. The van der Waals surface area contributed by atoms with Crippen LogP contribution < -0.4 is 14.4 Å². The van der Waals surface area contributed by atoms with Gasteiger partial charge in [0.25, 0.3) is 0 Å². The quantitative estimate of drug-likeness (QED) is 0.397. The number of piperidine rings is 1. The Labute approximate surface area is 252 Å². The van der Waals surface area contributed by atoms with Crippen molar-refractivity contribution in [3.8, 4) is 11.5 Å². The molecule has 2 aromatic rings. The first-order chi connectivity index (χ1) is 20.0. The Morgan fingerprint density at radius 2 is 1.88 bits per heavy atom. The van der Waals surface area contributed by atoms with Crippen LogP contribution in [0.3, 0.4) is 0 Å². The molecule has 2 atom stereocenters. The number of esters is 1. The lowest BCUT2D eigenvalue weighted by molar-refractivity contribution is -0.151. The van der Waals surface area contributed by atoms with Crippen molar-refractivity contribution >= 4 is 35.1 Å². The third-order valence-electron chi connectivity index (χ3n) is 7.35. The van der Waals surface area contributed by atoms with Crippen molar-refractivity contribution in [3.63, 3.8) is 0 Å². The number of nitrogens with zero attached hydrogens (tertiary/aromatic N) is 2. The SMILES string of the molecule is CCOC(=O)C1CCCN(C(=O)CCC(=O)N(CC(C)(C)C)c2ccc(Cl)cc2C(O)c2cccc3c2OCCO3)C1. The van der Waals surface area contributed by atoms with Crippen LogP contribution in [0.25, 0.3) is 0 Å². The molecule has 0 spiro atoms. The molecule has 2 unspecified atom stereocenters. The molecular formula is C32H41ClN2O7. The molecule has 0 saturated carbocycles. The molecule has 0 aromatic heterocycles. The Hall–Kier alpha value is -3.30. The van der Waals surface area contributed by atoms with E-state index in [1.807, 2.05) is 20.8 Å². The van der Waals surface area contributed by atoms with E-state index in [2.05, 4.69) is 0 Å². The predicted molar refractivity (Wildman–Crippen MR) is 160 cm³/mol. The monoisotopic (exact) mass is 600 g/mol. The molecule has 2 heterocycles. The number of ether oxygens (including phenoxy) is 3. The first kappa shape index (κ1) is 31.6. The zero-order valence-corrected chi connectivity index (χ0v) is 25.6. The number of hydrogen-bond acceptors (Lipinski definition) is 7. The Morgan fingerprint density at radius 3 is 2.62 bits per heavy atom. The highest BCUT2D eigenvalue weighted by Crippen LogP contribution is 2.42. The van der Waals surface area contributed by atoms with Crippen LogP contribution in [0.5, 0.6) is 11.5 Å². The zero-order valence-electron chi connectivity index (χ0n) is 24.9. The van der Waals surface area contributed by atoms with Gasteiger partial charge in [0.1, 0.15) is 19.3 Å². The number of hydrogen-bond donors (Lipinski definition) is 1. The van der Waals surface area contributed by atoms with Gasteiger partial charge in [-0.3, -0.25) is 14.4 Å². The van der Waals surface area contributed by atoms with Gasteiger partial charge < -0.3 is 29.1 Å². The highest BCUT2D eigenvalue weighted by atomic mass is 35.5. The van der Waals surface area contributed by atoms with Crippen molar-refractivity contribution in [2.75, 3.05) is 44.4 Å². The maximum Gasteiger partial charge on any atom is 0.310 e. The molecule has 10 heteroatoms. The summed E-state index contributed by atoms with van der Waals surface area (Å²) in [6, 6.07) is 10.4. The minimum absolute atomic E-state index is 0.0118. The van der Waals surface area contributed by atoms with Gasteiger partial charge >= 0.3 is 5.97 Å². The summed E-state index contributed by atoms with van der Waals surface area (Å²) in [5.74, 6) is -0.0328. The lowest BCUT2D eigenvalue weighted by atomic mass is 9.93. The number of benzene rings is 2. The van der Waals surface area contributed by atoms with Gasteiger partial charge in [-0.25, -0.2) is 0 Å². The molecule has 0 bridgehead atoms. The first-order valence-electron chi connectivity index (χ1n) is 14.6. The molecule has 1 saturated heterocycles. The van der Waals surface area contributed by atoms with E-state index >= 15 is 0 Å². The molecule has 228 valence electrons. The molecule has 2 aliphatic rings. The van der Waals surface area contributed by atoms with E-state index in [1.54, 1.807) is 53.1 Å². The van der Waals surface area contributed by atoms with Crippen LogP contribution in [0.2, 0.25) is 5.02 Å². The van der Waals surface area contributed by atoms with Gasteiger partial charge in [0.05, 0.1) is 12.5 Å². The lowest BCUT2D eigenvalue weighted by Crippen LogP contribution is -2.43. The van der Waals surface area contributed by atoms with E-state index in [1.165, 1.54) is 0 Å². The molecule has 4 rings (SSSR count). The number of carbonyl (C=O) groups is 3. The van der Waals surface area contributed by atoms with Crippen LogP contribution in [-0.4, -0.2) is 67.2 Å². The predicted octanol–water partition coefficient (Wildman–Crippen LogP) is 5.15. The normalized spacial score (nSPS) is 17.4. The average molecular weight is 601 g/mol. The standard InChI is InChI=1S/C32H41ClN2O7/c1-5-40-31(39)21-8-7-15-34(19-21)27(36)13-14-28(37)35(20-32(2,3)4)25-12-11-22(33)18-24(25)29(38)23-9-6-10-26-30(23)42-17-16-41-26/h6,9-12,18,21,29,38H,5,7-8,13-17,19-20H2,1-4H3. The van der Waals surface area contributed by atoms with Crippen LogP contribution in [0.15, 0.2) is 36.4 Å². The molecule has 2 aromatic carbocycles. The van der Waals surface area contributed by atoms with Gasteiger partial charge in [-0.2, -0.15) is 0 Å². The summed E-state index contributed by atoms with van der Waals surface area (Å²) >= 11 is 6.40. The van der Waals surface area contributed by atoms with Crippen LogP contribution >= 0.6 is 11.6 Å². The second-order valence-electron chi connectivity index (χ2n) is 11.9. The van der Waals surface area contributed by atoms with Crippen LogP contribution in [-0.2, 0) is 19.1 Å². The maximum atomic E-state index is 13.8. The summed E-state index contributed by atoms with van der Waals surface area (Å²) in [6.45, 7) is 10.1. The number of halogens is 1. The second kappa shape index (κ2) is 13.8. The van der Waals surface area contributed by atoms with E-state index in [-0.39, 0.29) is 42.0 Å².